The van der Waals surface area contributed by atoms with E-state index in [9.17, 15) is 4.79 Å². The topological polar surface area (TPSA) is 79.4 Å². The average molecular weight is 273 g/mol. The van der Waals surface area contributed by atoms with Crippen molar-refractivity contribution in [2.75, 3.05) is 12.3 Å². The number of aromatic nitrogens is 2. The van der Waals surface area contributed by atoms with Crippen molar-refractivity contribution >= 4 is 11.8 Å². The Kier molecular flexibility index (Phi) is 3.28. The number of hydrogen-bond acceptors (Lipinski definition) is 5. The predicted octanol–water partition coefficient (Wildman–Crippen LogP) is 1.01. The molecule has 1 aliphatic heterocycles. The quantitative estimate of drug-likeness (QED) is 0.841. The van der Waals surface area contributed by atoms with E-state index in [1.54, 1.807) is 12.3 Å². The normalized spacial score (nSPS) is 16.5. The molecule has 20 heavy (non-hydrogen) atoms. The monoisotopic (exact) mass is 273 g/mol. The fourth-order valence-corrected chi connectivity index (χ4v) is 2.18. The largest absolute Gasteiger partial charge is 0.486 e. The highest BCUT2D eigenvalue weighted by molar-refractivity contribution is 5.69. The van der Waals surface area contributed by atoms with E-state index in [4.69, 9.17) is 15.2 Å². The van der Waals surface area contributed by atoms with Gasteiger partial charge in [0.05, 0.1) is 0 Å². The van der Waals surface area contributed by atoms with Crippen molar-refractivity contribution < 1.29 is 14.3 Å². The molecule has 1 unspecified atom stereocenters. The van der Waals surface area contributed by atoms with Gasteiger partial charge in [-0.3, -0.25) is 9.48 Å². The summed E-state index contributed by atoms with van der Waals surface area (Å²) in [6, 6.07) is 9.46. The lowest BCUT2D eigenvalue weighted by atomic mass is 10.1. The van der Waals surface area contributed by atoms with E-state index in [-0.39, 0.29) is 25.2 Å². The van der Waals surface area contributed by atoms with Gasteiger partial charge < -0.3 is 15.2 Å². The van der Waals surface area contributed by atoms with Crippen molar-refractivity contribution in [2.45, 2.75) is 19.1 Å². The van der Waals surface area contributed by atoms with Crippen LogP contribution < -0.4 is 10.5 Å². The summed E-state index contributed by atoms with van der Waals surface area (Å²) in [7, 11) is 0. The molecule has 1 aromatic carbocycles. The van der Waals surface area contributed by atoms with Crippen LogP contribution in [0.3, 0.4) is 0 Å². The van der Waals surface area contributed by atoms with E-state index in [1.807, 2.05) is 24.3 Å². The first kappa shape index (κ1) is 12.5. The molecular formula is C14H15N3O3. The summed E-state index contributed by atoms with van der Waals surface area (Å²) in [4.78, 5) is 11.7. The number of rotatable bonds is 4. The Morgan fingerprint density at radius 2 is 2.30 bits per heavy atom. The smallest absolute Gasteiger partial charge is 0.327 e. The lowest BCUT2D eigenvalue weighted by Gasteiger charge is -2.11. The minimum atomic E-state index is -0.354. The van der Waals surface area contributed by atoms with E-state index in [1.165, 1.54) is 4.68 Å². The fraction of sp³-hybridized carbons (Fsp3) is 0.286. The molecule has 104 valence electrons. The summed E-state index contributed by atoms with van der Waals surface area (Å²) in [5.41, 5.74) is 6.62. The number of anilines is 1. The van der Waals surface area contributed by atoms with E-state index in [0.717, 1.165) is 17.7 Å². The zero-order valence-electron chi connectivity index (χ0n) is 10.9. The minimum absolute atomic E-state index is 0.0524. The SMILES string of the molecule is Nc1ccn(CC(=O)OCC2Cc3ccccc3O2)n1. The van der Waals surface area contributed by atoms with Gasteiger partial charge in [-0.05, 0) is 17.7 Å². The molecule has 2 heterocycles. The molecule has 6 heteroatoms. The van der Waals surface area contributed by atoms with Crippen molar-refractivity contribution in [2.24, 2.45) is 0 Å². The number of carbonyl (C=O) groups excluding carboxylic acids is 1. The second-order valence-electron chi connectivity index (χ2n) is 4.67. The summed E-state index contributed by atoms with van der Waals surface area (Å²) >= 11 is 0. The zero-order chi connectivity index (χ0) is 13.9. The third-order valence-corrected chi connectivity index (χ3v) is 3.10. The minimum Gasteiger partial charge on any atom is -0.486 e. The molecule has 0 aliphatic carbocycles. The number of esters is 1. The van der Waals surface area contributed by atoms with Gasteiger partial charge in [-0.1, -0.05) is 18.2 Å². The number of benzene rings is 1. The molecule has 2 aromatic rings. The first-order chi connectivity index (χ1) is 9.70. The van der Waals surface area contributed by atoms with Crippen molar-refractivity contribution in [1.29, 1.82) is 0 Å². The molecule has 2 N–H and O–H groups in total. The Bertz CT molecular complexity index is 599. The Morgan fingerprint density at radius 1 is 1.45 bits per heavy atom. The Hall–Kier alpha value is -2.50. The van der Waals surface area contributed by atoms with Crippen LogP contribution in [-0.4, -0.2) is 28.5 Å². The number of para-hydroxylation sites is 1. The van der Waals surface area contributed by atoms with Crippen LogP contribution >= 0.6 is 0 Å². The number of nitrogen functional groups attached to an aromatic ring is 1. The molecule has 1 aromatic heterocycles. The molecule has 1 atom stereocenters. The van der Waals surface area contributed by atoms with Crippen LogP contribution in [-0.2, 0) is 22.5 Å². The van der Waals surface area contributed by atoms with Gasteiger partial charge in [0.15, 0.2) is 0 Å². The molecule has 0 amide bonds. The lowest BCUT2D eigenvalue weighted by molar-refractivity contribution is -0.146. The number of nitrogens with two attached hydrogens (primary N) is 1. The summed E-state index contributed by atoms with van der Waals surface area (Å²) in [5.74, 6) is 0.897. The number of carbonyl (C=O) groups is 1. The molecule has 3 rings (SSSR count). The van der Waals surface area contributed by atoms with Crippen molar-refractivity contribution in [1.82, 2.24) is 9.78 Å². The number of nitrogens with zero attached hydrogens (tertiary/aromatic N) is 2. The van der Waals surface area contributed by atoms with Crippen molar-refractivity contribution in [3.05, 3.63) is 42.1 Å². The highest BCUT2D eigenvalue weighted by Gasteiger charge is 2.23. The van der Waals surface area contributed by atoms with Crippen LogP contribution in [0.5, 0.6) is 5.75 Å². The maximum Gasteiger partial charge on any atom is 0.327 e. The van der Waals surface area contributed by atoms with Crippen LogP contribution in [0.2, 0.25) is 0 Å². The van der Waals surface area contributed by atoms with Gasteiger partial charge in [0.25, 0.3) is 0 Å². The summed E-state index contributed by atoms with van der Waals surface area (Å²) in [6.45, 7) is 0.293. The van der Waals surface area contributed by atoms with E-state index in [0.29, 0.717) is 5.82 Å². The van der Waals surface area contributed by atoms with Crippen LogP contribution in [0.25, 0.3) is 0 Å². The molecule has 1 aliphatic rings. The van der Waals surface area contributed by atoms with Crippen LogP contribution in [0.15, 0.2) is 36.5 Å². The third-order valence-electron chi connectivity index (χ3n) is 3.10. The van der Waals surface area contributed by atoms with Crippen LogP contribution in [0.4, 0.5) is 5.82 Å². The number of hydrogen-bond donors (Lipinski definition) is 1. The Labute approximate surface area is 116 Å². The van der Waals surface area contributed by atoms with Gasteiger partial charge in [0, 0.05) is 12.6 Å². The predicted molar refractivity (Wildman–Crippen MR) is 72.2 cm³/mol. The third kappa shape index (κ3) is 2.74. The van der Waals surface area contributed by atoms with E-state index in [2.05, 4.69) is 5.10 Å². The molecule has 6 nitrogen and oxygen atoms in total. The first-order valence-corrected chi connectivity index (χ1v) is 6.40. The molecule has 0 saturated heterocycles. The molecule has 0 fully saturated rings. The molecular weight excluding hydrogens is 258 g/mol. The Morgan fingerprint density at radius 3 is 3.05 bits per heavy atom. The molecule has 0 bridgehead atoms. The van der Waals surface area contributed by atoms with E-state index < -0.39 is 0 Å². The van der Waals surface area contributed by atoms with Gasteiger partial charge in [-0.25, -0.2) is 0 Å². The van der Waals surface area contributed by atoms with Crippen molar-refractivity contribution in [3.8, 4) is 5.75 Å². The lowest BCUT2D eigenvalue weighted by Crippen LogP contribution is -2.24. The van der Waals surface area contributed by atoms with Gasteiger partial charge >= 0.3 is 5.97 Å². The van der Waals surface area contributed by atoms with Crippen LogP contribution in [0, 0.1) is 0 Å². The van der Waals surface area contributed by atoms with Gasteiger partial charge in [0.2, 0.25) is 0 Å². The maximum atomic E-state index is 11.7. The standard InChI is InChI=1S/C14H15N3O3/c15-13-5-6-17(16-13)8-14(18)19-9-11-7-10-3-1-2-4-12(10)20-11/h1-6,11H,7-9H2,(H2,15,16). The summed E-state index contributed by atoms with van der Waals surface area (Å²) in [5, 5.41) is 3.93. The van der Waals surface area contributed by atoms with Gasteiger partial charge in [-0.2, -0.15) is 5.10 Å². The Balaban J connectivity index is 1.48. The first-order valence-electron chi connectivity index (χ1n) is 6.40. The van der Waals surface area contributed by atoms with Gasteiger partial charge in [0.1, 0.15) is 30.8 Å². The molecule has 0 radical (unpaired) electrons. The zero-order valence-corrected chi connectivity index (χ0v) is 10.9. The molecule has 0 saturated carbocycles. The summed E-state index contributed by atoms with van der Waals surface area (Å²) < 4.78 is 12.3. The second kappa shape index (κ2) is 5.24. The fourth-order valence-electron chi connectivity index (χ4n) is 2.18. The molecule has 0 spiro atoms. The maximum absolute atomic E-state index is 11.7. The highest BCUT2D eigenvalue weighted by atomic mass is 16.6. The van der Waals surface area contributed by atoms with E-state index >= 15 is 0 Å². The number of ether oxygens (including phenoxy) is 2. The number of fused-ring (bicyclic) bond motifs is 1. The van der Waals surface area contributed by atoms with Crippen molar-refractivity contribution in [3.63, 3.8) is 0 Å². The summed E-state index contributed by atoms with van der Waals surface area (Å²) in [6.07, 6.45) is 2.29. The second-order valence-corrected chi connectivity index (χ2v) is 4.67. The van der Waals surface area contributed by atoms with Gasteiger partial charge in [-0.15, -0.1) is 0 Å². The highest BCUT2D eigenvalue weighted by Crippen LogP contribution is 2.28. The van der Waals surface area contributed by atoms with Crippen LogP contribution in [0.1, 0.15) is 5.56 Å². The average Bonchev–Trinajstić information content (AvgIpc) is 3.02.